The molecule has 0 fully saturated rings. The van der Waals surface area contributed by atoms with Crippen molar-refractivity contribution >= 4 is 15.8 Å². The molecule has 0 aliphatic carbocycles. The number of ether oxygens (including phenoxy) is 1. The van der Waals surface area contributed by atoms with Gasteiger partial charge in [0.2, 0.25) is 0 Å². The summed E-state index contributed by atoms with van der Waals surface area (Å²) in [5.41, 5.74) is 0.732. The Kier molecular flexibility index (Phi) is 4.20. The van der Waals surface area contributed by atoms with Crippen LogP contribution in [0.2, 0.25) is 0 Å². The topological polar surface area (TPSA) is 107 Å². The zero-order chi connectivity index (χ0) is 15.5. The van der Waals surface area contributed by atoms with Crippen LogP contribution < -0.4 is 4.74 Å². The van der Waals surface area contributed by atoms with Crippen molar-refractivity contribution in [2.45, 2.75) is 11.5 Å². The van der Waals surface area contributed by atoms with Gasteiger partial charge in [-0.1, -0.05) is 0 Å². The lowest BCUT2D eigenvalue weighted by Gasteiger charge is -2.06. The summed E-state index contributed by atoms with van der Waals surface area (Å²) in [6, 6.07) is 11.2. The molecule has 7 nitrogen and oxygen atoms in total. The number of nitrogens with zero attached hydrogens (tertiary/aromatic N) is 1. The van der Waals surface area contributed by atoms with Crippen molar-refractivity contribution in [2.24, 2.45) is 0 Å². The fourth-order valence-corrected chi connectivity index (χ4v) is 2.07. The molecule has 0 aliphatic rings. The molecule has 2 rings (SSSR count). The fourth-order valence-electron chi connectivity index (χ4n) is 1.59. The lowest BCUT2D eigenvalue weighted by atomic mass is 10.2. The lowest BCUT2D eigenvalue weighted by Crippen LogP contribution is -1.99. The Morgan fingerprint density at radius 2 is 1.62 bits per heavy atom. The van der Waals surface area contributed by atoms with Gasteiger partial charge in [0, 0.05) is 12.1 Å². The number of non-ortho nitro benzene ring substituents is 1. The van der Waals surface area contributed by atoms with Crippen molar-refractivity contribution in [2.75, 3.05) is 0 Å². The minimum Gasteiger partial charge on any atom is -0.489 e. The van der Waals surface area contributed by atoms with Crippen molar-refractivity contribution in [1.29, 1.82) is 0 Å². The zero-order valence-corrected chi connectivity index (χ0v) is 11.5. The molecule has 0 saturated carbocycles. The van der Waals surface area contributed by atoms with Crippen molar-refractivity contribution in [3.8, 4) is 5.75 Å². The Morgan fingerprint density at radius 1 is 1.05 bits per heavy atom. The maximum atomic E-state index is 10.9. The molecule has 1 N–H and O–H groups in total. The van der Waals surface area contributed by atoms with E-state index in [9.17, 15) is 18.5 Å². The average Bonchev–Trinajstić information content (AvgIpc) is 2.45. The van der Waals surface area contributed by atoms with Crippen molar-refractivity contribution < 1.29 is 22.6 Å². The molecule has 0 heterocycles. The standard InChI is InChI=1S/C13H11NO6S/c15-14(16)11-3-1-10(2-4-11)9-20-12-5-7-13(8-6-12)21(17,18)19/h1-8H,9H2,(H,17,18,19). The van der Waals surface area contributed by atoms with Gasteiger partial charge in [0.05, 0.1) is 9.82 Å². The minimum absolute atomic E-state index is 0.00347. The predicted octanol–water partition coefficient (Wildman–Crippen LogP) is 2.42. The van der Waals surface area contributed by atoms with Gasteiger partial charge in [-0.25, -0.2) is 0 Å². The van der Waals surface area contributed by atoms with Crippen molar-refractivity contribution in [3.05, 3.63) is 64.2 Å². The van der Waals surface area contributed by atoms with Crippen LogP contribution in [-0.2, 0) is 16.7 Å². The number of nitro benzene ring substituents is 1. The van der Waals surface area contributed by atoms with Gasteiger partial charge in [0.15, 0.2) is 0 Å². The summed E-state index contributed by atoms with van der Waals surface area (Å²) in [7, 11) is -4.22. The van der Waals surface area contributed by atoms with E-state index >= 15 is 0 Å². The molecule has 0 bridgehead atoms. The second kappa shape index (κ2) is 5.90. The van der Waals surface area contributed by atoms with Crippen LogP contribution in [0.4, 0.5) is 5.69 Å². The Morgan fingerprint density at radius 3 is 2.10 bits per heavy atom. The first-order valence-corrected chi connectivity index (χ1v) is 7.24. The molecule has 0 unspecified atom stereocenters. The minimum atomic E-state index is -4.22. The molecule has 8 heteroatoms. The van der Waals surface area contributed by atoms with E-state index in [1.54, 1.807) is 12.1 Å². The molecule has 2 aromatic carbocycles. The van der Waals surface area contributed by atoms with Crippen LogP contribution in [0.15, 0.2) is 53.4 Å². The molecule has 0 atom stereocenters. The van der Waals surface area contributed by atoms with E-state index in [1.165, 1.54) is 36.4 Å². The largest absolute Gasteiger partial charge is 0.489 e. The lowest BCUT2D eigenvalue weighted by molar-refractivity contribution is -0.384. The summed E-state index contributed by atoms with van der Waals surface area (Å²) in [5.74, 6) is 0.417. The van der Waals surface area contributed by atoms with E-state index in [-0.39, 0.29) is 17.2 Å². The fraction of sp³-hybridized carbons (Fsp3) is 0.0769. The first-order valence-electron chi connectivity index (χ1n) is 5.80. The van der Waals surface area contributed by atoms with Gasteiger partial charge >= 0.3 is 0 Å². The van der Waals surface area contributed by atoms with Gasteiger partial charge in [-0.05, 0) is 42.0 Å². The van der Waals surface area contributed by atoms with E-state index < -0.39 is 15.0 Å². The van der Waals surface area contributed by atoms with Crippen LogP contribution in [0.1, 0.15) is 5.56 Å². The summed E-state index contributed by atoms with van der Waals surface area (Å²) < 4.78 is 36.0. The van der Waals surface area contributed by atoms with E-state index in [2.05, 4.69) is 0 Å². The normalized spacial score (nSPS) is 11.1. The summed E-state index contributed by atoms with van der Waals surface area (Å²) in [5, 5.41) is 10.5. The SMILES string of the molecule is O=[N+]([O-])c1ccc(COc2ccc(S(=O)(=O)O)cc2)cc1. The van der Waals surface area contributed by atoms with Crippen LogP contribution >= 0.6 is 0 Å². The Balaban J connectivity index is 2.01. The van der Waals surface area contributed by atoms with Gasteiger partial charge in [0.1, 0.15) is 12.4 Å². The first-order chi connectivity index (χ1) is 9.86. The van der Waals surface area contributed by atoms with Gasteiger partial charge in [-0.3, -0.25) is 14.7 Å². The van der Waals surface area contributed by atoms with E-state index in [4.69, 9.17) is 9.29 Å². The van der Waals surface area contributed by atoms with E-state index in [1.807, 2.05) is 0 Å². The molecule has 21 heavy (non-hydrogen) atoms. The first kappa shape index (κ1) is 14.9. The molecule has 110 valence electrons. The average molecular weight is 309 g/mol. The highest BCUT2D eigenvalue weighted by molar-refractivity contribution is 7.85. The number of benzene rings is 2. The highest BCUT2D eigenvalue weighted by Crippen LogP contribution is 2.18. The summed E-state index contributed by atoms with van der Waals surface area (Å²) in [6.07, 6.45) is 0. The quantitative estimate of drug-likeness (QED) is 0.516. The Labute approximate surface area is 120 Å². The van der Waals surface area contributed by atoms with E-state index in [0.29, 0.717) is 5.75 Å². The molecule has 0 amide bonds. The third-order valence-electron chi connectivity index (χ3n) is 2.67. The maximum absolute atomic E-state index is 10.9. The molecular weight excluding hydrogens is 298 g/mol. The number of hydrogen-bond acceptors (Lipinski definition) is 5. The van der Waals surface area contributed by atoms with Gasteiger partial charge in [0.25, 0.3) is 15.8 Å². The summed E-state index contributed by atoms with van der Waals surface area (Å²) in [4.78, 5) is 9.80. The predicted molar refractivity (Wildman–Crippen MR) is 73.7 cm³/mol. The van der Waals surface area contributed by atoms with Crippen LogP contribution in [0.25, 0.3) is 0 Å². The molecule has 0 aromatic heterocycles. The highest BCUT2D eigenvalue weighted by atomic mass is 32.2. The number of hydrogen-bond donors (Lipinski definition) is 1. The Hall–Kier alpha value is -2.45. The van der Waals surface area contributed by atoms with Crippen molar-refractivity contribution in [1.82, 2.24) is 0 Å². The maximum Gasteiger partial charge on any atom is 0.294 e. The van der Waals surface area contributed by atoms with Gasteiger partial charge in [-0.15, -0.1) is 0 Å². The summed E-state index contributed by atoms with van der Waals surface area (Å²) in [6.45, 7) is 0.184. The molecule has 0 spiro atoms. The molecular formula is C13H11NO6S. The van der Waals surface area contributed by atoms with E-state index in [0.717, 1.165) is 5.56 Å². The van der Waals surface area contributed by atoms with Gasteiger partial charge < -0.3 is 4.74 Å². The number of rotatable bonds is 5. The van der Waals surface area contributed by atoms with Crippen LogP contribution in [-0.4, -0.2) is 17.9 Å². The molecule has 2 aromatic rings. The Bertz CT molecular complexity index is 737. The molecule has 0 aliphatic heterocycles. The smallest absolute Gasteiger partial charge is 0.294 e. The molecule has 0 radical (unpaired) electrons. The van der Waals surface area contributed by atoms with Crippen LogP contribution in [0.5, 0.6) is 5.75 Å². The third-order valence-corrected chi connectivity index (χ3v) is 3.54. The molecule has 0 saturated heterocycles. The van der Waals surface area contributed by atoms with Crippen molar-refractivity contribution in [3.63, 3.8) is 0 Å². The number of nitro groups is 1. The second-order valence-corrected chi connectivity index (χ2v) is 5.58. The van der Waals surface area contributed by atoms with Crippen LogP contribution in [0.3, 0.4) is 0 Å². The monoisotopic (exact) mass is 309 g/mol. The highest BCUT2D eigenvalue weighted by Gasteiger charge is 2.09. The van der Waals surface area contributed by atoms with Gasteiger partial charge in [-0.2, -0.15) is 8.42 Å². The summed E-state index contributed by atoms with van der Waals surface area (Å²) >= 11 is 0. The third kappa shape index (κ3) is 4.01. The second-order valence-electron chi connectivity index (χ2n) is 4.16. The van der Waals surface area contributed by atoms with Crippen LogP contribution in [0, 0.1) is 10.1 Å². The zero-order valence-electron chi connectivity index (χ0n) is 10.7.